The van der Waals surface area contributed by atoms with E-state index in [4.69, 9.17) is 0 Å². The van der Waals surface area contributed by atoms with Crippen LogP contribution in [-0.4, -0.2) is 21.9 Å². The summed E-state index contributed by atoms with van der Waals surface area (Å²) in [7, 11) is 1.67. The Kier molecular flexibility index (Phi) is 7.08. The van der Waals surface area contributed by atoms with E-state index in [1.54, 1.807) is 30.3 Å². The van der Waals surface area contributed by atoms with Crippen molar-refractivity contribution in [2.75, 3.05) is 6.26 Å². The molecule has 5 heteroatoms. The molecule has 1 aromatic heterocycles. The van der Waals surface area contributed by atoms with Gasteiger partial charge in [0, 0.05) is 23.2 Å². The first-order valence-electron chi connectivity index (χ1n) is 9.06. The maximum Gasteiger partial charge on any atom is 0.353 e. The van der Waals surface area contributed by atoms with E-state index in [9.17, 15) is 15.2 Å². The highest BCUT2D eigenvalue weighted by molar-refractivity contribution is 7.98. The summed E-state index contributed by atoms with van der Waals surface area (Å²) in [5, 5.41) is 19.1. The lowest BCUT2D eigenvalue weighted by molar-refractivity contribution is 0.0687. The van der Waals surface area contributed by atoms with Crippen LogP contribution in [0.3, 0.4) is 0 Å². The lowest BCUT2D eigenvalue weighted by Crippen LogP contribution is -2.06. The summed E-state index contributed by atoms with van der Waals surface area (Å²) in [5.41, 5.74) is 4.59. The van der Waals surface area contributed by atoms with Crippen molar-refractivity contribution in [1.29, 1.82) is 5.26 Å². The second-order valence-electron chi connectivity index (χ2n) is 5.94. The fourth-order valence-electron chi connectivity index (χ4n) is 3.17. The summed E-state index contributed by atoms with van der Waals surface area (Å²) < 4.78 is 1.56. The van der Waals surface area contributed by atoms with Crippen molar-refractivity contribution in [3.8, 4) is 28.3 Å². The van der Waals surface area contributed by atoms with Crippen molar-refractivity contribution in [1.82, 2.24) is 4.57 Å². The van der Waals surface area contributed by atoms with Gasteiger partial charge in [0.25, 0.3) is 0 Å². The zero-order valence-corrected chi connectivity index (χ0v) is 17.6. The van der Waals surface area contributed by atoms with Crippen molar-refractivity contribution in [3.63, 3.8) is 0 Å². The molecule has 2 aromatic carbocycles. The van der Waals surface area contributed by atoms with Crippen LogP contribution >= 0.6 is 11.8 Å². The van der Waals surface area contributed by atoms with Crippen LogP contribution in [0.5, 0.6) is 0 Å². The molecule has 0 bridgehead atoms. The van der Waals surface area contributed by atoms with Crippen LogP contribution in [0.1, 0.15) is 35.6 Å². The molecule has 1 N–H and O–H groups in total. The number of nitriles is 1. The van der Waals surface area contributed by atoms with E-state index in [0.29, 0.717) is 16.8 Å². The molecule has 4 nitrogen and oxygen atoms in total. The third-order valence-corrected chi connectivity index (χ3v) is 5.39. The van der Waals surface area contributed by atoms with Crippen LogP contribution < -0.4 is 0 Å². The number of carboxylic acids is 1. The molecule has 0 spiro atoms. The topological polar surface area (TPSA) is 66.0 Å². The zero-order chi connectivity index (χ0) is 20.8. The van der Waals surface area contributed by atoms with Crippen LogP contribution in [-0.2, 0) is 7.05 Å². The Balaban J connectivity index is 0.00000136. The van der Waals surface area contributed by atoms with E-state index in [2.05, 4.69) is 18.2 Å². The second-order valence-corrected chi connectivity index (χ2v) is 6.79. The molecule has 0 fully saturated rings. The summed E-state index contributed by atoms with van der Waals surface area (Å²) in [6, 6.07) is 18.0. The molecule has 144 valence electrons. The van der Waals surface area contributed by atoms with E-state index in [1.165, 1.54) is 4.90 Å². The second kappa shape index (κ2) is 9.29. The third-order valence-electron chi connectivity index (χ3n) is 4.59. The van der Waals surface area contributed by atoms with Gasteiger partial charge in [-0.25, -0.2) is 4.79 Å². The minimum Gasteiger partial charge on any atom is -0.477 e. The van der Waals surface area contributed by atoms with Crippen LogP contribution in [0, 0.1) is 18.3 Å². The van der Waals surface area contributed by atoms with Crippen LogP contribution in [0.25, 0.3) is 22.3 Å². The fraction of sp³-hybridized carbons (Fsp3) is 0.217. The van der Waals surface area contributed by atoms with Gasteiger partial charge in [-0.05, 0) is 35.9 Å². The van der Waals surface area contributed by atoms with Gasteiger partial charge in [-0.3, -0.25) is 0 Å². The highest BCUT2D eigenvalue weighted by Gasteiger charge is 2.24. The minimum atomic E-state index is -1.04. The number of rotatable bonds is 4. The lowest BCUT2D eigenvalue weighted by Gasteiger charge is -2.09. The first-order valence-corrected chi connectivity index (χ1v) is 10.3. The number of carbonyl (C=O) groups is 1. The monoisotopic (exact) mass is 392 g/mol. The van der Waals surface area contributed by atoms with Crippen molar-refractivity contribution in [2.24, 2.45) is 7.05 Å². The zero-order valence-electron chi connectivity index (χ0n) is 16.8. The molecular weight excluding hydrogens is 368 g/mol. The first-order chi connectivity index (χ1) is 13.5. The molecule has 0 aliphatic rings. The van der Waals surface area contributed by atoms with Gasteiger partial charge in [0.1, 0.15) is 11.8 Å². The number of nitrogens with zero attached hydrogens (tertiary/aromatic N) is 2. The number of carboxylic acid groups (broad SMARTS) is 1. The standard InChI is InChI=1S/C21H18N2O2S.C2H6/c1-13-17(12-22)19(20(21(24)25)23(13)2)15-10-8-14(9-11-15)16-6-4-5-7-18(16)26-3;1-2/h4-11H,1-3H3,(H,24,25);1-2H3. The number of benzene rings is 2. The highest BCUT2D eigenvalue weighted by Crippen LogP contribution is 2.35. The molecule has 28 heavy (non-hydrogen) atoms. The normalized spacial score (nSPS) is 10.0. The molecule has 0 aliphatic heterocycles. The number of hydrogen-bond acceptors (Lipinski definition) is 3. The number of aromatic carboxylic acids is 1. The van der Waals surface area contributed by atoms with Gasteiger partial charge >= 0.3 is 5.97 Å². The van der Waals surface area contributed by atoms with E-state index in [0.717, 1.165) is 16.7 Å². The quantitative estimate of drug-likeness (QED) is 0.554. The molecule has 3 aromatic rings. The van der Waals surface area contributed by atoms with E-state index in [1.807, 2.05) is 56.5 Å². The summed E-state index contributed by atoms with van der Waals surface area (Å²) in [5.74, 6) is -1.04. The van der Waals surface area contributed by atoms with Crippen LogP contribution in [0.2, 0.25) is 0 Å². The molecule has 0 radical (unpaired) electrons. The third kappa shape index (κ3) is 3.83. The van der Waals surface area contributed by atoms with Crippen molar-refractivity contribution < 1.29 is 9.90 Å². The molecule has 1 heterocycles. The maximum atomic E-state index is 11.7. The van der Waals surface area contributed by atoms with Crippen molar-refractivity contribution in [2.45, 2.75) is 25.7 Å². The van der Waals surface area contributed by atoms with E-state index in [-0.39, 0.29) is 5.69 Å². The molecule has 0 aliphatic carbocycles. The van der Waals surface area contributed by atoms with Gasteiger partial charge in [-0.2, -0.15) is 5.26 Å². The largest absolute Gasteiger partial charge is 0.477 e. The lowest BCUT2D eigenvalue weighted by atomic mass is 9.97. The summed E-state index contributed by atoms with van der Waals surface area (Å²) in [6.07, 6.45) is 2.04. The summed E-state index contributed by atoms with van der Waals surface area (Å²) in [4.78, 5) is 12.9. The predicted molar refractivity (Wildman–Crippen MR) is 116 cm³/mol. The highest BCUT2D eigenvalue weighted by atomic mass is 32.2. The Morgan fingerprint density at radius 1 is 1.07 bits per heavy atom. The average Bonchev–Trinajstić information content (AvgIpc) is 3.00. The molecular formula is C23H24N2O2S. The Hall–Kier alpha value is -2.97. The average molecular weight is 393 g/mol. The summed E-state index contributed by atoms with van der Waals surface area (Å²) >= 11 is 1.68. The molecule has 0 saturated heterocycles. The molecule has 0 saturated carbocycles. The van der Waals surface area contributed by atoms with Crippen LogP contribution in [0.4, 0.5) is 0 Å². The SMILES string of the molecule is CC.CSc1ccccc1-c1ccc(-c2c(C#N)c(C)n(C)c2C(=O)O)cc1. The van der Waals surface area contributed by atoms with Crippen molar-refractivity contribution in [3.05, 3.63) is 65.5 Å². The van der Waals surface area contributed by atoms with Crippen molar-refractivity contribution >= 4 is 17.7 Å². The van der Waals surface area contributed by atoms with Gasteiger partial charge in [-0.15, -0.1) is 11.8 Å². The molecule has 0 atom stereocenters. The smallest absolute Gasteiger partial charge is 0.353 e. The molecule has 0 unspecified atom stereocenters. The van der Waals surface area contributed by atoms with Gasteiger partial charge in [0.15, 0.2) is 0 Å². The molecule has 0 amide bonds. The van der Waals surface area contributed by atoms with Gasteiger partial charge in [-0.1, -0.05) is 56.3 Å². The first kappa shape index (κ1) is 21.3. The minimum absolute atomic E-state index is 0.135. The van der Waals surface area contributed by atoms with Gasteiger partial charge < -0.3 is 9.67 Å². The maximum absolute atomic E-state index is 11.7. The number of aromatic nitrogens is 1. The molecule has 3 rings (SSSR count). The van der Waals surface area contributed by atoms with Gasteiger partial charge in [0.2, 0.25) is 0 Å². The van der Waals surface area contributed by atoms with Crippen LogP contribution in [0.15, 0.2) is 53.4 Å². The number of hydrogen-bond donors (Lipinski definition) is 1. The Labute approximate surface area is 170 Å². The Morgan fingerprint density at radius 2 is 1.64 bits per heavy atom. The predicted octanol–water partition coefficient (Wildman–Crippen LogP) is 5.99. The Bertz CT molecular complexity index is 1030. The fourth-order valence-corrected chi connectivity index (χ4v) is 3.79. The number of thioether (sulfide) groups is 1. The summed E-state index contributed by atoms with van der Waals surface area (Å²) in [6.45, 7) is 5.76. The Morgan fingerprint density at radius 3 is 2.18 bits per heavy atom. The van der Waals surface area contributed by atoms with E-state index >= 15 is 0 Å². The van der Waals surface area contributed by atoms with Gasteiger partial charge in [0.05, 0.1) is 5.56 Å². The van der Waals surface area contributed by atoms with E-state index < -0.39 is 5.97 Å².